The average Bonchev–Trinajstić information content (AvgIpc) is 3.43. The molecule has 0 bridgehead atoms. The fraction of sp³-hybridized carbons (Fsp3) is 0.750. The zero-order valence-corrected chi connectivity index (χ0v) is 22.7. The Morgan fingerprint density at radius 3 is 2.32 bits per heavy atom. The molecule has 0 saturated carbocycles. The summed E-state index contributed by atoms with van der Waals surface area (Å²) in [4.78, 5) is 34.0. The van der Waals surface area contributed by atoms with E-state index in [0.717, 1.165) is 19.3 Å². The molecular weight excluding hydrogens is 517 g/mol. The molecule has 5 atom stereocenters. The van der Waals surface area contributed by atoms with Crippen molar-refractivity contribution in [1.29, 1.82) is 0 Å². The molecule has 14 heteroatoms. The van der Waals surface area contributed by atoms with Crippen LogP contribution in [0.25, 0.3) is 11.2 Å². The number of aromatic nitrogens is 4. The number of aliphatic hydroxyl groups is 2. The summed E-state index contributed by atoms with van der Waals surface area (Å²) in [5, 5.41) is 20.8. The predicted octanol–water partition coefficient (Wildman–Crippen LogP) is 3.39. The van der Waals surface area contributed by atoms with E-state index in [4.69, 9.17) is 15.0 Å². The maximum Gasteiger partial charge on any atom is 0.529 e. The highest BCUT2D eigenvalue weighted by molar-refractivity contribution is 7.48. The van der Waals surface area contributed by atoms with Crippen molar-refractivity contribution in [3.05, 3.63) is 12.7 Å². The largest absolute Gasteiger partial charge is 0.529 e. The molecule has 1 saturated heterocycles. The number of rotatable bonds is 17. The molecule has 38 heavy (non-hydrogen) atoms. The molecule has 0 spiro atoms. The summed E-state index contributed by atoms with van der Waals surface area (Å²) in [6, 6.07) is 0. The number of imidazole rings is 1. The summed E-state index contributed by atoms with van der Waals surface area (Å²) in [5.74, 6) is -0.697. The fourth-order valence-electron chi connectivity index (χ4n) is 4.45. The number of hydrogen-bond donors (Lipinski definition) is 4. The van der Waals surface area contributed by atoms with Crippen LogP contribution in [0.15, 0.2) is 12.7 Å². The van der Waals surface area contributed by atoms with Gasteiger partial charge in [-0.05, 0) is 6.42 Å². The van der Waals surface area contributed by atoms with Crippen LogP contribution in [0.5, 0.6) is 0 Å². The molecule has 5 N–H and O–H groups in total. The number of anilines is 1. The molecule has 0 radical (unpaired) electrons. The number of aliphatic hydroxyl groups excluding tert-OH is 2. The number of phosphoric acid groups is 1. The first kappa shape index (κ1) is 30.4. The lowest BCUT2D eigenvalue weighted by molar-refractivity contribution is -0.136. The van der Waals surface area contributed by atoms with Gasteiger partial charge in [0.1, 0.15) is 30.2 Å². The van der Waals surface area contributed by atoms with Crippen LogP contribution in [0.3, 0.4) is 0 Å². The maximum absolute atomic E-state index is 12.2. The molecule has 214 valence electrons. The Morgan fingerprint density at radius 1 is 1.03 bits per heavy atom. The number of carbonyl (C=O) groups is 1. The minimum Gasteiger partial charge on any atom is -0.387 e. The highest BCUT2D eigenvalue weighted by atomic mass is 31.2. The lowest BCUT2D eigenvalue weighted by Gasteiger charge is -2.17. The molecule has 1 aliphatic rings. The number of hydrogen-bond acceptors (Lipinski definition) is 11. The standard InChI is InChI=1S/C24H40N5O8P/c1-2-3-4-5-6-7-8-9-10-11-12-13-18(30)37-38(33,34)35-14-17-20(31)21(32)24(36-17)29-16-28-19-22(25)26-15-27-23(19)29/h15-17,20-21,24,31-32H,2-14H2,1H3,(H,33,34)(H2,25,26,27)/t17-,20-,21-,24-/m1/s1. The second-order valence-corrected chi connectivity index (χ2v) is 11.0. The fourth-order valence-corrected chi connectivity index (χ4v) is 5.19. The van der Waals surface area contributed by atoms with Gasteiger partial charge in [0.15, 0.2) is 17.7 Å². The first-order chi connectivity index (χ1) is 18.2. The molecule has 3 rings (SSSR count). The van der Waals surface area contributed by atoms with Crippen LogP contribution in [0.2, 0.25) is 0 Å². The van der Waals surface area contributed by atoms with Crippen molar-refractivity contribution in [2.45, 2.75) is 109 Å². The molecule has 0 amide bonds. The van der Waals surface area contributed by atoms with Crippen molar-refractivity contribution in [3.8, 4) is 0 Å². The number of phosphoric ester groups is 1. The zero-order valence-electron chi connectivity index (χ0n) is 21.9. The Morgan fingerprint density at radius 2 is 1.66 bits per heavy atom. The van der Waals surface area contributed by atoms with Gasteiger partial charge >= 0.3 is 13.8 Å². The van der Waals surface area contributed by atoms with Crippen LogP contribution in [0, 0.1) is 0 Å². The highest BCUT2D eigenvalue weighted by Crippen LogP contribution is 2.45. The lowest BCUT2D eigenvalue weighted by Crippen LogP contribution is -2.33. The second kappa shape index (κ2) is 14.9. The average molecular weight is 558 g/mol. The van der Waals surface area contributed by atoms with E-state index in [-0.39, 0.29) is 17.9 Å². The van der Waals surface area contributed by atoms with Crippen molar-refractivity contribution in [2.24, 2.45) is 0 Å². The van der Waals surface area contributed by atoms with E-state index in [2.05, 4.69) is 26.4 Å². The van der Waals surface area contributed by atoms with Gasteiger partial charge in [-0.25, -0.2) is 19.5 Å². The SMILES string of the molecule is CCCCCCCCCCCCCC(=O)OP(=O)(O)OC[C@H]1O[C@@H](n2cnc3c(N)ncnc32)[C@H](O)[C@@H]1O. The zero-order chi connectivity index (χ0) is 27.5. The van der Waals surface area contributed by atoms with Gasteiger partial charge < -0.3 is 25.2 Å². The molecule has 1 fully saturated rings. The first-order valence-electron chi connectivity index (χ1n) is 13.4. The number of carbonyl (C=O) groups excluding carboxylic acids is 1. The van der Waals surface area contributed by atoms with E-state index in [1.807, 2.05) is 0 Å². The van der Waals surface area contributed by atoms with E-state index in [0.29, 0.717) is 11.9 Å². The summed E-state index contributed by atoms with van der Waals surface area (Å²) in [6.45, 7) is 1.61. The van der Waals surface area contributed by atoms with Crippen molar-refractivity contribution in [1.82, 2.24) is 19.5 Å². The lowest BCUT2D eigenvalue weighted by atomic mass is 10.1. The van der Waals surface area contributed by atoms with Gasteiger partial charge in [-0.15, -0.1) is 0 Å². The van der Waals surface area contributed by atoms with Crippen LogP contribution in [-0.2, 0) is 23.1 Å². The first-order valence-corrected chi connectivity index (χ1v) is 14.9. The topological polar surface area (TPSA) is 192 Å². The Bertz CT molecular complexity index is 1070. The maximum atomic E-state index is 12.2. The number of unbranched alkanes of at least 4 members (excludes halogenated alkanes) is 10. The summed E-state index contributed by atoms with van der Waals surface area (Å²) >= 11 is 0. The summed E-state index contributed by atoms with van der Waals surface area (Å²) in [7, 11) is -4.73. The summed E-state index contributed by atoms with van der Waals surface area (Å²) in [6.07, 6.45) is 9.73. The third-order valence-electron chi connectivity index (χ3n) is 6.60. The van der Waals surface area contributed by atoms with E-state index < -0.39 is 44.9 Å². The second-order valence-electron chi connectivity index (χ2n) is 9.64. The van der Waals surface area contributed by atoms with E-state index >= 15 is 0 Å². The van der Waals surface area contributed by atoms with Gasteiger partial charge in [0.2, 0.25) is 0 Å². The van der Waals surface area contributed by atoms with Crippen LogP contribution in [-0.4, -0.2) is 65.5 Å². The minimum absolute atomic E-state index is 0.00691. The number of nitrogens with two attached hydrogens (primary N) is 1. The number of ether oxygens (including phenoxy) is 1. The Balaban J connectivity index is 1.35. The number of fused-ring (bicyclic) bond motifs is 1. The molecule has 2 aromatic heterocycles. The Labute approximate surface area is 222 Å². The molecule has 3 heterocycles. The molecule has 1 unspecified atom stereocenters. The molecule has 1 aliphatic heterocycles. The van der Waals surface area contributed by atoms with Crippen molar-refractivity contribution in [2.75, 3.05) is 12.3 Å². The van der Waals surface area contributed by atoms with Crippen LogP contribution in [0.1, 0.15) is 90.2 Å². The molecular formula is C24H40N5O8P. The Hall–Kier alpha value is -2.15. The van der Waals surface area contributed by atoms with Crippen LogP contribution >= 0.6 is 7.82 Å². The van der Waals surface area contributed by atoms with Crippen LogP contribution in [0.4, 0.5) is 5.82 Å². The van der Waals surface area contributed by atoms with Crippen molar-refractivity contribution in [3.63, 3.8) is 0 Å². The molecule has 0 aromatic carbocycles. The van der Waals surface area contributed by atoms with Crippen molar-refractivity contribution < 1.29 is 38.3 Å². The number of nitrogens with zero attached hydrogens (tertiary/aromatic N) is 4. The van der Waals surface area contributed by atoms with Crippen LogP contribution < -0.4 is 5.73 Å². The third-order valence-corrected chi connectivity index (χ3v) is 7.51. The van der Waals surface area contributed by atoms with Gasteiger partial charge in [-0.2, -0.15) is 0 Å². The van der Waals surface area contributed by atoms with E-state index in [1.54, 1.807) is 0 Å². The van der Waals surface area contributed by atoms with Gasteiger partial charge in [0.25, 0.3) is 0 Å². The van der Waals surface area contributed by atoms with Gasteiger partial charge in [-0.3, -0.25) is 18.8 Å². The molecule has 2 aromatic rings. The van der Waals surface area contributed by atoms with E-state index in [1.165, 1.54) is 62.2 Å². The highest BCUT2D eigenvalue weighted by Gasteiger charge is 2.45. The predicted molar refractivity (Wildman–Crippen MR) is 139 cm³/mol. The third kappa shape index (κ3) is 8.69. The van der Waals surface area contributed by atoms with Gasteiger partial charge in [-0.1, -0.05) is 71.1 Å². The number of nitrogen functional groups attached to an aromatic ring is 1. The molecule has 0 aliphatic carbocycles. The Kier molecular flexibility index (Phi) is 11.9. The van der Waals surface area contributed by atoms with Gasteiger partial charge in [0.05, 0.1) is 12.9 Å². The summed E-state index contributed by atoms with van der Waals surface area (Å²) < 4.78 is 28.8. The summed E-state index contributed by atoms with van der Waals surface area (Å²) in [5.41, 5.74) is 6.34. The molecule has 13 nitrogen and oxygen atoms in total. The normalized spacial score (nSPS) is 23.1. The van der Waals surface area contributed by atoms with Crippen molar-refractivity contribution >= 4 is 30.8 Å². The smallest absolute Gasteiger partial charge is 0.387 e. The minimum atomic E-state index is -4.73. The van der Waals surface area contributed by atoms with Gasteiger partial charge in [0, 0.05) is 6.42 Å². The van der Waals surface area contributed by atoms with E-state index in [9.17, 15) is 24.5 Å². The monoisotopic (exact) mass is 557 g/mol. The quantitative estimate of drug-likeness (QED) is 0.164.